The molecule has 7 N–H and O–H groups in total. The molecule has 0 rings (SSSR count). The number of likely N-dealkylation sites (N-methyl/N-ethyl adjacent to an activating group) is 1. The molecule has 0 spiro atoms. The largest absolute Gasteiger partial charge is 0.404 e. The van der Waals surface area contributed by atoms with Gasteiger partial charge in [-0.2, -0.15) is 0 Å². The number of carbonyl (C=O) groups excluding carboxylic acids is 2. The Morgan fingerprint density at radius 2 is 1.75 bits per heavy atom. The Kier molecular flexibility index (Phi) is 9.69. The van der Waals surface area contributed by atoms with E-state index in [1.807, 2.05) is 13.8 Å². The normalized spacial score (nSPS) is 12.8. The maximum absolute atomic E-state index is 12.0. The van der Waals surface area contributed by atoms with E-state index in [4.69, 9.17) is 11.5 Å². The monoisotopic (exact) mass is 339 g/mol. The van der Waals surface area contributed by atoms with Gasteiger partial charge in [0.1, 0.15) is 11.5 Å². The fourth-order valence-corrected chi connectivity index (χ4v) is 1.51. The van der Waals surface area contributed by atoms with Crippen LogP contribution in [0.2, 0.25) is 0 Å². The van der Waals surface area contributed by atoms with E-state index in [1.165, 1.54) is 19.5 Å². The van der Waals surface area contributed by atoms with Gasteiger partial charge in [0.05, 0.1) is 5.57 Å². The molecule has 0 saturated heterocycles. The highest BCUT2D eigenvalue weighted by molar-refractivity contribution is 6.12. The quantitative estimate of drug-likeness (QED) is 0.196. The van der Waals surface area contributed by atoms with Crippen LogP contribution in [0.1, 0.15) is 13.8 Å². The number of carbonyl (C=O) groups is 2. The van der Waals surface area contributed by atoms with Crippen molar-refractivity contribution in [1.29, 1.82) is 0 Å². The lowest BCUT2D eigenvalue weighted by atomic mass is 10.3. The SMILES string of the molecule is CNC(=O)/C(NCCNC(=O)C(C=NC(C)C)=CN)=C(/N)N(C)C. The Morgan fingerprint density at radius 3 is 2.21 bits per heavy atom. The van der Waals surface area contributed by atoms with E-state index in [0.717, 1.165) is 0 Å². The Morgan fingerprint density at radius 1 is 1.17 bits per heavy atom. The molecule has 2 amide bonds. The van der Waals surface area contributed by atoms with Gasteiger partial charge < -0.3 is 32.3 Å². The summed E-state index contributed by atoms with van der Waals surface area (Å²) in [6, 6.07) is 0.0728. The van der Waals surface area contributed by atoms with E-state index in [9.17, 15) is 9.59 Å². The van der Waals surface area contributed by atoms with Gasteiger partial charge in [-0.15, -0.1) is 0 Å². The van der Waals surface area contributed by atoms with Gasteiger partial charge in [-0.25, -0.2) is 0 Å². The van der Waals surface area contributed by atoms with Gasteiger partial charge in [0, 0.05) is 52.7 Å². The number of hydrogen-bond donors (Lipinski definition) is 5. The molecule has 24 heavy (non-hydrogen) atoms. The van der Waals surface area contributed by atoms with Crippen molar-refractivity contribution < 1.29 is 9.59 Å². The highest BCUT2D eigenvalue weighted by Gasteiger charge is 2.13. The summed E-state index contributed by atoms with van der Waals surface area (Å²) < 4.78 is 0. The third-order valence-corrected chi connectivity index (χ3v) is 2.86. The summed E-state index contributed by atoms with van der Waals surface area (Å²) >= 11 is 0. The van der Waals surface area contributed by atoms with Crippen molar-refractivity contribution in [2.24, 2.45) is 16.5 Å². The first-order valence-electron chi connectivity index (χ1n) is 7.60. The second-order valence-electron chi connectivity index (χ2n) is 5.41. The number of aliphatic imine (C=N–C) groups is 1. The minimum Gasteiger partial charge on any atom is -0.404 e. The minimum absolute atomic E-state index is 0.0728. The molecule has 0 radical (unpaired) electrons. The Hall–Kier alpha value is -2.71. The first kappa shape index (κ1) is 21.3. The predicted octanol–water partition coefficient (Wildman–Crippen LogP) is -1.55. The summed E-state index contributed by atoms with van der Waals surface area (Å²) in [5.41, 5.74) is 11.8. The standard InChI is InChI=1S/C15H29N7O2/c1-10(2)21-9-11(8-16)14(23)20-7-6-19-12(15(24)18-3)13(17)22(4)5/h8-10,19H,6-7,16-17H2,1-5H3,(H,18,24)(H,20,23)/b11-8?,13-12+,21-9?. The van der Waals surface area contributed by atoms with E-state index in [0.29, 0.717) is 12.4 Å². The lowest BCUT2D eigenvalue weighted by Crippen LogP contribution is -2.39. The lowest BCUT2D eigenvalue weighted by Gasteiger charge is -2.18. The van der Waals surface area contributed by atoms with Crippen LogP contribution in [0.4, 0.5) is 0 Å². The van der Waals surface area contributed by atoms with Crippen LogP contribution in [0.15, 0.2) is 28.3 Å². The summed E-state index contributed by atoms with van der Waals surface area (Å²) in [5, 5.41) is 8.11. The van der Waals surface area contributed by atoms with Crippen LogP contribution in [-0.2, 0) is 9.59 Å². The first-order chi connectivity index (χ1) is 11.2. The molecule has 0 bridgehead atoms. The van der Waals surface area contributed by atoms with Crippen molar-refractivity contribution in [2.45, 2.75) is 19.9 Å². The van der Waals surface area contributed by atoms with Crippen LogP contribution >= 0.6 is 0 Å². The number of nitrogens with two attached hydrogens (primary N) is 2. The molecule has 0 saturated carbocycles. The molecule has 136 valence electrons. The van der Waals surface area contributed by atoms with Gasteiger partial charge in [0.25, 0.3) is 11.8 Å². The predicted molar refractivity (Wildman–Crippen MR) is 95.9 cm³/mol. The molecule has 0 heterocycles. The average Bonchev–Trinajstić information content (AvgIpc) is 2.53. The Labute approximate surface area is 143 Å². The lowest BCUT2D eigenvalue weighted by molar-refractivity contribution is -0.117. The molecule has 0 aliphatic rings. The van der Waals surface area contributed by atoms with E-state index >= 15 is 0 Å². The number of rotatable bonds is 9. The molecule has 9 heteroatoms. The van der Waals surface area contributed by atoms with Crippen molar-refractivity contribution in [3.05, 3.63) is 23.3 Å². The zero-order valence-electron chi connectivity index (χ0n) is 15.0. The smallest absolute Gasteiger partial charge is 0.270 e. The number of amides is 2. The fourth-order valence-electron chi connectivity index (χ4n) is 1.51. The summed E-state index contributed by atoms with van der Waals surface area (Å²) in [5.74, 6) is -0.374. The number of hydrogen-bond acceptors (Lipinski definition) is 7. The van der Waals surface area contributed by atoms with Crippen LogP contribution in [0.25, 0.3) is 0 Å². The van der Waals surface area contributed by atoms with E-state index in [-0.39, 0.29) is 35.7 Å². The van der Waals surface area contributed by atoms with Gasteiger partial charge >= 0.3 is 0 Å². The zero-order chi connectivity index (χ0) is 18.7. The molecular weight excluding hydrogens is 310 g/mol. The minimum atomic E-state index is -0.338. The zero-order valence-corrected chi connectivity index (χ0v) is 15.0. The molecule has 0 aliphatic carbocycles. The summed E-state index contributed by atoms with van der Waals surface area (Å²) in [6.07, 6.45) is 2.64. The molecular formula is C15H29N7O2. The topological polar surface area (TPSA) is 138 Å². The van der Waals surface area contributed by atoms with Gasteiger partial charge in [0.2, 0.25) is 0 Å². The fraction of sp³-hybridized carbons (Fsp3) is 0.533. The van der Waals surface area contributed by atoms with E-state index in [1.54, 1.807) is 19.0 Å². The average molecular weight is 339 g/mol. The van der Waals surface area contributed by atoms with Gasteiger partial charge in [-0.3, -0.25) is 14.6 Å². The van der Waals surface area contributed by atoms with Crippen LogP contribution in [0.3, 0.4) is 0 Å². The summed E-state index contributed by atoms with van der Waals surface area (Å²) in [4.78, 5) is 29.5. The van der Waals surface area contributed by atoms with Crippen LogP contribution in [0.5, 0.6) is 0 Å². The van der Waals surface area contributed by atoms with Gasteiger partial charge in [-0.1, -0.05) is 0 Å². The molecule has 0 aromatic carbocycles. The van der Waals surface area contributed by atoms with Gasteiger partial charge in [0.15, 0.2) is 0 Å². The molecule has 0 aromatic rings. The van der Waals surface area contributed by atoms with Crippen molar-refractivity contribution in [2.75, 3.05) is 34.2 Å². The van der Waals surface area contributed by atoms with Crippen LogP contribution in [0, 0.1) is 0 Å². The molecule has 0 atom stereocenters. The van der Waals surface area contributed by atoms with E-state index < -0.39 is 0 Å². The highest BCUT2D eigenvalue weighted by Crippen LogP contribution is 1.98. The highest BCUT2D eigenvalue weighted by atomic mass is 16.2. The van der Waals surface area contributed by atoms with Crippen molar-refractivity contribution in [1.82, 2.24) is 20.9 Å². The molecule has 0 aliphatic heterocycles. The maximum atomic E-state index is 12.0. The van der Waals surface area contributed by atoms with Crippen molar-refractivity contribution in [3.63, 3.8) is 0 Å². The third-order valence-electron chi connectivity index (χ3n) is 2.86. The molecule has 9 nitrogen and oxygen atoms in total. The number of nitrogens with one attached hydrogen (secondary N) is 3. The molecule has 0 unspecified atom stereocenters. The summed E-state index contributed by atoms with van der Waals surface area (Å²) in [7, 11) is 4.98. The Balaban J connectivity index is 4.62. The van der Waals surface area contributed by atoms with Crippen molar-refractivity contribution in [3.8, 4) is 0 Å². The molecule has 0 fully saturated rings. The Bertz CT molecular complexity index is 522. The summed E-state index contributed by atoms with van der Waals surface area (Å²) in [6.45, 7) is 4.40. The van der Waals surface area contributed by atoms with E-state index in [2.05, 4.69) is 20.9 Å². The maximum Gasteiger partial charge on any atom is 0.270 e. The van der Waals surface area contributed by atoms with Crippen LogP contribution < -0.4 is 27.4 Å². The molecule has 0 aromatic heterocycles. The van der Waals surface area contributed by atoms with Crippen LogP contribution in [-0.4, -0.2) is 63.2 Å². The second-order valence-corrected chi connectivity index (χ2v) is 5.41. The third kappa shape index (κ3) is 7.52. The van der Waals surface area contributed by atoms with Crippen molar-refractivity contribution >= 4 is 18.0 Å². The number of nitrogens with zero attached hydrogens (tertiary/aromatic N) is 2. The van der Waals surface area contributed by atoms with Gasteiger partial charge in [-0.05, 0) is 13.8 Å². The second kappa shape index (κ2) is 10.9. The first-order valence-corrected chi connectivity index (χ1v) is 7.60.